The van der Waals surface area contributed by atoms with Crippen molar-refractivity contribution < 1.29 is 18.1 Å². The van der Waals surface area contributed by atoms with Crippen LogP contribution in [-0.2, 0) is 14.6 Å². The fourth-order valence-electron chi connectivity index (χ4n) is 2.64. The molecule has 0 aromatic heterocycles. The molecule has 10 heteroatoms. The maximum Gasteiger partial charge on any atom is 0.269 e. The fraction of sp³-hybridized carbons (Fsp3) is 0.562. The summed E-state index contributed by atoms with van der Waals surface area (Å²) in [6, 6.07) is 6.16. The van der Waals surface area contributed by atoms with Gasteiger partial charge in [-0.3, -0.25) is 19.8 Å². The molecule has 1 aliphatic heterocycles. The van der Waals surface area contributed by atoms with Gasteiger partial charge in [0.2, 0.25) is 5.91 Å². The monoisotopic (exact) mass is 401 g/mol. The van der Waals surface area contributed by atoms with E-state index in [9.17, 15) is 23.3 Å². The molecule has 0 saturated carbocycles. The van der Waals surface area contributed by atoms with Gasteiger partial charge in [0, 0.05) is 56.0 Å². The van der Waals surface area contributed by atoms with E-state index < -0.39 is 14.8 Å². The summed E-state index contributed by atoms with van der Waals surface area (Å²) in [7, 11) is -2.98. The van der Waals surface area contributed by atoms with Crippen molar-refractivity contribution in [2.75, 3.05) is 44.7 Å². The van der Waals surface area contributed by atoms with E-state index in [-0.39, 0.29) is 22.6 Å². The standard InChI is InChI=1S/C16H23N3O5S2/c1-13(25-15-5-3-14(4-6-15)19(21)22)16(20)18-9-7-17(8-10-18)11-12-26(2,23)24/h3-6,13H,7-12H2,1-2H3. The van der Waals surface area contributed by atoms with Crippen molar-refractivity contribution in [1.82, 2.24) is 9.80 Å². The summed E-state index contributed by atoms with van der Waals surface area (Å²) in [6.07, 6.45) is 1.23. The quantitative estimate of drug-likeness (QED) is 0.385. The van der Waals surface area contributed by atoms with E-state index in [0.29, 0.717) is 32.7 Å². The third-order valence-corrected chi connectivity index (χ3v) is 6.19. The Hall–Kier alpha value is -1.65. The van der Waals surface area contributed by atoms with Crippen molar-refractivity contribution in [2.24, 2.45) is 0 Å². The lowest BCUT2D eigenvalue weighted by Crippen LogP contribution is -2.51. The maximum absolute atomic E-state index is 12.6. The van der Waals surface area contributed by atoms with Gasteiger partial charge in [0.1, 0.15) is 9.84 Å². The average molecular weight is 402 g/mol. The van der Waals surface area contributed by atoms with Crippen molar-refractivity contribution >= 4 is 33.2 Å². The Kier molecular flexibility index (Phi) is 7.01. The number of amides is 1. The number of hydrogen-bond acceptors (Lipinski definition) is 7. The summed E-state index contributed by atoms with van der Waals surface area (Å²) >= 11 is 1.37. The topological polar surface area (TPSA) is 101 Å². The molecule has 1 atom stereocenters. The number of rotatable bonds is 7. The SMILES string of the molecule is CC(Sc1ccc([N+](=O)[O-])cc1)C(=O)N1CCN(CCS(C)(=O)=O)CC1. The minimum Gasteiger partial charge on any atom is -0.339 e. The predicted molar refractivity (Wildman–Crippen MR) is 101 cm³/mol. The highest BCUT2D eigenvalue weighted by atomic mass is 32.2. The van der Waals surface area contributed by atoms with Crippen LogP contribution in [0.2, 0.25) is 0 Å². The van der Waals surface area contributed by atoms with Crippen molar-refractivity contribution in [1.29, 1.82) is 0 Å². The number of hydrogen-bond donors (Lipinski definition) is 0. The van der Waals surface area contributed by atoms with Crippen LogP contribution in [0.4, 0.5) is 5.69 Å². The number of nitro benzene ring substituents is 1. The summed E-state index contributed by atoms with van der Waals surface area (Å²) in [5, 5.41) is 10.4. The van der Waals surface area contributed by atoms with Crippen molar-refractivity contribution in [3.05, 3.63) is 34.4 Å². The number of benzene rings is 1. The Morgan fingerprint density at radius 1 is 1.23 bits per heavy atom. The number of nitro groups is 1. The Balaban J connectivity index is 1.82. The first-order valence-corrected chi connectivity index (χ1v) is 11.2. The van der Waals surface area contributed by atoms with E-state index in [2.05, 4.69) is 4.90 Å². The molecule has 0 bridgehead atoms. The molecule has 0 spiro atoms. The van der Waals surface area contributed by atoms with Gasteiger partial charge in [0.05, 0.1) is 15.9 Å². The highest BCUT2D eigenvalue weighted by Crippen LogP contribution is 2.26. The second-order valence-corrected chi connectivity index (χ2v) is 9.98. The summed E-state index contributed by atoms with van der Waals surface area (Å²) in [5.41, 5.74) is 0.0264. The molecule has 0 radical (unpaired) electrons. The summed E-state index contributed by atoms with van der Waals surface area (Å²) in [5.74, 6) is 0.156. The molecule has 1 fully saturated rings. The molecule has 0 N–H and O–H groups in total. The minimum atomic E-state index is -2.98. The molecule has 1 heterocycles. The van der Waals surface area contributed by atoms with Gasteiger partial charge in [-0.2, -0.15) is 0 Å². The van der Waals surface area contributed by atoms with Gasteiger partial charge >= 0.3 is 0 Å². The van der Waals surface area contributed by atoms with E-state index in [0.717, 1.165) is 4.90 Å². The van der Waals surface area contributed by atoms with Crippen LogP contribution in [-0.4, -0.2) is 79.0 Å². The first kappa shape index (κ1) is 20.7. The molecule has 1 unspecified atom stereocenters. The lowest BCUT2D eigenvalue weighted by atomic mass is 10.3. The number of nitrogens with zero attached hydrogens (tertiary/aromatic N) is 3. The maximum atomic E-state index is 12.6. The molecule has 26 heavy (non-hydrogen) atoms. The lowest BCUT2D eigenvalue weighted by Gasteiger charge is -2.35. The van der Waals surface area contributed by atoms with Crippen LogP contribution >= 0.6 is 11.8 Å². The number of thioether (sulfide) groups is 1. The number of sulfone groups is 1. The van der Waals surface area contributed by atoms with E-state index in [1.54, 1.807) is 17.0 Å². The Morgan fingerprint density at radius 3 is 2.31 bits per heavy atom. The van der Waals surface area contributed by atoms with Gasteiger partial charge < -0.3 is 4.90 Å². The molecule has 8 nitrogen and oxygen atoms in total. The number of carbonyl (C=O) groups is 1. The van der Waals surface area contributed by atoms with Crippen molar-refractivity contribution in [3.8, 4) is 0 Å². The van der Waals surface area contributed by atoms with Gasteiger partial charge in [0.15, 0.2) is 0 Å². The van der Waals surface area contributed by atoms with Crippen molar-refractivity contribution in [3.63, 3.8) is 0 Å². The number of non-ortho nitro benzene ring substituents is 1. The third-order valence-electron chi connectivity index (χ3n) is 4.17. The zero-order valence-corrected chi connectivity index (χ0v) is 16.5. The fourth-order valence-corrected chi connectivity index (χ4v) is 4.19. The van der Waals surface area contributed by atoms with Crippen LogP contribution in [0.3, 0.4) is 0 Å². The van der Waals surface area contributed by atoms with E-state index in [1.165, 1.54) is 30.2 Å². The van der Waals surface area contributed by atoms with Crippen LogP contribution in [0.1, 0.15) is 6.92 Å². The molecule has 2 rings (SSSR count). The molecule has 0 aliphatic carbocycles. The normalized spacial score (nSPS) is 17.1. The second-order valence-electron chi connectivity index (χ2n) is 6.31. The molecule has 1 aliphatic rings. The zero-order valence-electron chi connectivity index (χ0n) is 14.8. The van der Waals surface area contributed by atoms with Gasteiger partial charge in [-0.25, -0.2) is 8.42 Å². The highest BCUT2D eigenvalue weighted by molar-refractivity contribution is 8.00. The smallest absolute Gasteiger partial charge is 0.269 e. The molecule has 1 aromatic carbocycles. The summed E-state index contributed by atoms with van der Waals surface area (Å²) in [4.78, 5) is 27.5. The lowest BCUT2D eigenvalue weighted by molar-refractivity contribution is -0.384. The predicted octanol–water partition coefficient (Wildman–Crippen LogP) is 1.26. The van der Waals surface area contributed by atoms with Crippen LogP contribution in [0.5, 0.6) is 0 Å². The molecular formula is C16H23N3O5S2. The Bertz CT molecular complexity index is 744. The van der Waals surface area contributed by atoms with E-state index >= 15 is 0 Å². The van der Waals surface area contributed by atoms with E-state index in [4.69, 9.17) is 0 Å². The van der Waals surface area contributed by atoms with Crippen LogP contribution < -0.4 is 0 Å². The third kappa shape index (κ3) is 6.26. The zero-order chi connectivity index (χ0) is 19.3. The summed E-state index contributed by atoms with van der Waals surface area (Å²) in [6.45, 7) is 4.80. The van der Waals surface area contributed by atoms with Gasteiger partial charge in [0.25, 0.3) is 5.69 Å². The Labute approximate surface area is 157 Å². The molecule has 1 saturated heterocycles. The van der Waals surface area contributed by atoms with Gasteiger partial charge in [-0.05, 0) is 19.1 Å². The largest absolute Gasteiger partial charge is 0.339 e. The number of carbonyl (C=O) groups excluding carboxylic acids is 1. The Morgan fingerprint density at radius 2 is 1.81 bits per heavy atom. The van der Waals surface area contributed by atoms with Crippen LogP contribution in [0.15, 0.2) is 29.2 Å². The summed E-state index contributed by atoms with van der Waals surface area (Å²) < 4.78 is 22.5. The van der Waals surface area contributed by atoms with Crippen molar-refractivity contribution in [2.45, 2.75) is 17.1 Å². The highest BCUT2D eigenvalue weighted by Gasteiger charge is 2.25. The average Bonchev–Trinajstić information content (AvgIpc) is 2.59. The molecule has 1 amide bonds. The molecule has 1 aromatic rings. The van der Waals surface area contributed by atoms with Gasteiger partial charge in [-0.15, -0.1) is 11.8 Å². The van der Waals surface area contributed by atoms with Gasteiger partial charge in [-0.1, -0.05) is 0 Å². The second kappa shape index (κ2) is 8.83. The molecule has 144 valence electrons. The minimum absolute atomic E-state index is 0.0242. The van der Waals surface area contributed by atoms with Crippen LogP contribution in [0.25, 0.3) is 0 Å². The van der Waals surface area contributed by atoms with Crippen LogP contribution in [0, 0.1) is 10.1 Å². The first-order valence-electron chi connectivity index (χ1n) is 8.26. The number of piperazine rings is 1. The first-order chi connectivity index (χ1) is 12.2. The molecular weight excluding hydrogens is 378 g/mol. The van der Waals surface area contributed by atoms with E-state index in [1.807, 2.05) is 6.92 Å².